The van der Waals surface area contributed by atoms with E-state index < -0.39 is 12.2 Å². The molecule has 5 aromatic carbocycles. The number of hydrogen-bond donors (Lipinski definition) is 1. The third kappa shape index (κ3) is 14.3. The lowest BCUT2D eigenvalue weighted by Crippen LogP contribution is -2.42. The molecule has 3 aliphatic rings. The maximum Gasteiger partial charge on any atom is 0.256 e. The third-order valence-electron chi connectivity index (χ3n) is 12.0. The Morgan fingerprint density at radius 1 is 0.516 bits per heavy atom. The van der Waals surface area contributed by atoms with Crippen molar-refractivity contribution in [2.24, 2.45) is 0 Å². The number of hydrogen-bond acceptors (Lipinski definition) is 5. The largest absolute Gasteiger partial charge is 0.367 e. The van der Waals surface area contributed by atoms with Crippen LogP contribution in [0.15, 0.2) is 115 Å². The van der Waals surface area contributed by atoms with E-state index in [1.54, 1.807) is 32.4 Å². The number of benzene rings is 5. The second kappa shape index (κ2) is 25.0. The standard InChI is InChI=1S/2C20H21Cl2NO2.C11H13Cl2N/c2*1-25-19(14-6-3-2-4-7-14)20(24)23-9-5-8-15(13-23)16-10-17(21)12-18(22)11-16;12-10-4-9(5-11(13)6-10)8-2-1-3-14-7-8/h2*2-4,6-7,10-12,15,19H,5,8-9,13H2,1H3;4-6,8,14H,1-3,7H2/t15?,19-;15-,19+;/m10./s1. The molecule has 13 heteroatoms. The predicted molar refractivity (Wildman–Crippen MR) is 264 cm³/mol. The zero-order valence-electron chi connectivity index (χ0n) is 36.1. The summed E-state index contributed by atoms with van der Waals surface area (Å²) in [4.78, 5) is 29.8. The minimum atomic E-state index is -0.567. The Morgan fingerprint density at radius 3 is 1.19 bits per heavy atom. The van der Waals surface area contributed by atoms with Gasteiger partial charge in [-0.15, -0.1) is 0 Å². The van der Waals surface area contributed by atoms with Gasteiger partial charge in [0.15, 0.2) is 12.2 Å². The molecule has 0 bridgehead atoms. The number of carbonyl (C=O) groups excluding carboxylic acids is 2. The summed E-state index contributed by atoms with van der Waals surface area (Å²) in [5.41, 5.74) is 5.19. The number of methoxy groups -OCH3 is 2. The van der Waals surface area contributed by atoms with E-state index in [9.17, 15) is 9.59 Å². The van der Waals surface area contributed by atoms with Crippen LogP contribution in [0.4, 0.5) is 0 Å². The molecule has 8 rings (SSSR count). The lowest BCUT2D eigenvalue weighted by Gasteiger charge is -2.35. The van der Waals surface area contributed by atoms with Gasteiger partial charge in [-0.1, -0.05) is 130 Å². The van der Waals surface area contributed by atoms with E-state index in [1.165, 1.54) is 18.4 Å². The quantitative estimate of drug-likeness (QED) is 0.159. The molecule has 0 spiro atoms. The van der Waals surface area contributed by atoms with Gasteiger partial charge in [0.05, 0.1) is 0 Å². The van der Waals surface area contributed by atoms with Gasteiger partial charge in [-0.25, -0.2) is 0 Å². The first kappa shape index (κ1) is 50.1. The number of nitrogens with zero attached hydrogens (tertiary/aromatic N) is 2. The summed E-state index contributed by atoms with van der Waals surface area (Å²) in [6.45, 7) is 4.97. The number of likely N-dealkylation sites (tertiary alicyclic amines) is 2. The highest BCUT2D eigenvalue weighted by Gasteiger charge is 2.32. The number of amides is 2. The molecule has 7 nitrogen and oxygen atoms in total. The maximum absolute atomic E-state index is 13.0. The van der Waals surface area contributed by atoms with Crippen molar-refractivity contribution in [3.05, 3.63) is 173 Å². The summed E-state index contributed by atoms with van der Waals surface area (Å²) in [6, 6.07) is 36.3. The fraction of sp³-hybridized carbons (Fsp3) is 0.373. The first-order chi connectivity index (χ1) is 30.9. The summed E-state index contributed by atoms with van der Waals surface area (Å²) >= 11 is 36.5. The van der Waals surface area contributed by atoms with Crippen LogP contribution >= 0.6 is 69.6 Å². The molecular formula is C51H55Cl6N3O4. The molecule has 2 unspecified atom stereocenters. The first-order valence-electron chi connectivity index (χ1n) is 21.7. The molecule has 0 aliphatic carbocycles. The maximum atomic E-state index is 13.0. The van der Waals surface area contributed by atoms with Gasteiger partial charge in [-0.3, -0.25) is 9.59 Å². The molecule has 3 saturated heterocycles. The average molecular weight is 987 g/mol. The fourth-order valence-corrected chi connectivity index (χ4v) is 10.4. The van der Waals surface area contributed by atoms with E-state index in [-0.39, 0.29) is 23.7 Å². The summed E-state index contributed by atoms with van der Waals surface area (Å²) < 4.78 is 11.0. The number of rotatable bonds is 9. The molecule has 0 saturated carbocycles. The van der Waals surface area contributed by atoms with Crippen LogP contribution in [-0.4, -0.2) is 75.1 Å². The molecule has 5 aromatic rings. The SMILES string of the molecule is CO[C@@H](C(=O)N1CCCC(c2cc(Cl)cc(Cl)c2)C1)c1ccccc1.CO[C@@H](C(=O)N1CCC[C@H](c2cc(Cl)cc(Cl)c2)C1)c1ccccc1.Clc1cc(Cl)cc(C2CCCNC2)c1. The van der Waals surface area contributed by atoms with Crippen molar-refractivity contribution in [2.45, 2.75) is 68.5 Å². The van der Waals surface area contributed by atoms with Crippen molar-refractivity contribution in [3.8, 4) is 0 Å². The van der Waals surface area contributed by atoms with Crippen molar-refractivity contribution in [2.75, 3.05) is 53.5 Å². The molecule has 5 atom stereocenters. The molecular weight excluding hydrogens is 931 g/mol. The zero-order chi connectivity index (χ0) is 45.6. The average Bonchev–Trinajstić information content (AvgIpc) is 3.30. The molecule has 3 aliphatic heterocycles. The molecule has 1 N–H and O–H groups in total. The predicted octanol–water partition coefficient (Wildman–Crippen LogP) is 13.6. The molecule has 340 valence electrons. The molecule has 3 fully saturated rings. The minimum absolute atomic E-state index is 0.00604. The van der Waals surface area contributed by atoms with Gasteiger partial charge in [0, 0.05) is 88.9 Å². The van der Waals surface area contributed by atoms with E-state index >= 15 is 0 Å². The van der Waals surface area contributed by atoms with Crippen molar-refractivity contribution >= 4 is 81.4 Å². The molecule has 2 amide bonds. The monoisotopic (exact) mass is 983 g/mol. The topological polar surface area (TPSA) is 71.1 Å². The zero-order valence-corrected chi connectivity index (χ0v) is 40.7. The number of ether oxygens (including phenoxy) is 2. The summed E-state index contributed by atoms with van der Waals surface area (Å²) in [5.74, 6) is 1.06. The van der Waals surface area contributed by atoms with Crippen LogP contribution in [0.2, 0.25) is 30.1 Å². The second-order valence-electron chi connectivity index (χ2n) is 16.5. The number of piperidine rings is 3. The Balaban J connectivity index is 0.000000166. The third-order valence-corrected chi connectivity index (χ3v) is 13.3. The Hall–Kier alpha value is -3.34. The molecule has 0 radical (unpaired) electrons. The van der Waals surface area contributed by atoms with Crippen LogP contribution in [0.3, 0.4) is 0 Å². The van der Waals surface area contributed by atoms with E-state index in [1.807, 2.05) is 107 Å². The summed E-state index contributed by atoms with van der Waals surface area (Å²) in [5, 5.41) is 7.37. The van der Waals surface area contributed by atoms with E-state index in [4.69, 9.17) is 79.1 Å². The van der Waals surface area contributed by atoms with Gasteiger partial charge >= 0.3 is 0 Å². The Kier molecular flexibility index (Phi) is 19.5. The smallest absolute Gasteiger partial charge is 0.256 e. The highest BCUT2D eigenvalue weighted by atomic mass is 35.5. The highest BCUT2D eigenvalue weighted by Crippen LogP contribution is 2.35. The summed E-state index contributed by atoms with van der Waals surface area (Å²) in [7, 11) is 3.15. The van der Waals surface area contributed by atoms with Crippen molar-refractivity contribution in [1.82, 2.24) is 15.1 Å². The van der Waals surface area contributed by atoms with Crippen LogP contribution in [0, 0.1) is 0 Å². The Morgan fingerprint density at radius 2 is 0.859 bits per heavy atom. The number of halogens is 6. The van der Waals surface area contributed by atoms with Crippen LogP contribution in [0.1, 0.15) is 96.3 Å². The fourth-order valence-electron chi connectivity index (χ4n) is 8.81. The van der Waals surface area contributed by atoms with Crippen LogP contribution in [0.25, 0.3) is 0 Å². The Bertz CT molecular complexity index is 2090. The second-order valence-corrected chi connectivity index (χ2v) is 19.1. The van der Waals surface area contributed by atoms with E-state index in [0.717, 1.165) is 84.2 Å². The van der Waals surface area contributed by atoms with Gasteiger partial charge in [-0.2, -0.15) is 0 Å². The lowest BCUT2D eigenvalue weighted by molar-refractivity contribution is -0.144. The minimum Gasteiger partial charge on any atom is -0.367 e. The Labute approximate surface area is 408 Å². The van der Waals surface area contributed by atoms with Crippen LogP contribution in [0.5, 0.6) is 0 Å². The van der Waals surface area contributed by atoms with Gasteiger partial charge < -0.3 is 24.6 Å². The lowest BCUT2D eigenvalue weighted by atomic mass is 9.90. The van der Waals surface area contributed by atoms with E-state index in [2.05, 4.69) is 5.32 Å². The normalized spacial score (nSPS) is 19.6. The van der Waals surface area contributed by atoms with Crippen molar-refractivity contribution < 1.29 is 19.1 Å². The highest BCUT2D eigenvalue weighted by molar-refractivity contribution is 6.35. The summed E-state index contributed by atoms with van der Waals surface area (Å²) in [6.07, 6.45) is 5.26. The molecule has 3 heterocycles. The number of carbonyl (C=O) groups is 2. The molecule has 0 aromatic heterocycles. The van der Waals surface area contributed by atoms with Crippen LogP contribution in [-0.2, 0) is 19.1 Å². The first-order valence-corrected chi connectivity index (χ1v) is 24.0. The number of nitrogens with one attached hydrogen (secondary N) is 1. The van der Waals surface area contributed by atoms with Gasteiger partial charge in [-0.05, 0) is 133 Å². The van der Waals surface area contributed by atoms with Gasteiger partial charge in [0.1, 0.15) is 0 Å². The van der Waals surface area contributed by atoms with Gasteiger partial charge in [0.25, 0.3) is 11.8 Å². The molecule has 64 heavy (non-hydrogen) atoms. The van der Waals surface area contributed by atoms with Crippen molar-refractivity contribution in [1.29, 1.82) is 0 Å². The van der Waals surface area contributed by atoms with Gasteiger partial charge in [0.2, 0.25) is 0 Å². The van der Waals surface area contributed by atoms with Crippen LogP contribution < -0.4 is 5.32 Å². The van der Waals surface area contributed by atoms with E-state index in [0.29, 0.717) is 39.1 Å². The van der Waals surface area contributed by atoms with Crippen molar-refractivity contribution in [3.63, 3.8) is 0 Å².